The number of rotatable bonds is 6. The summed E-state index contributed by atoms with van der Waals surface area (Å²) in [7, 11) is 1.62. The highest BCUT2D eigenvalue weighted by molar-refractivity contribution is 5.95. The first kappa shape index (κ1) is 21.6. The van der Waals surface area contributed by atoms with Crippen LogP contribution in [-0.4, -0.2) is 48.6 Å². The number of pyridine rings is 1. The number of hydrogen-bond acceptors (Lipinski definition) is 4. The maximum Gasteiger partial charge on any atom is 0.317 e. The molecule has 3 rings (SSSR count). The molecule has 1 aliphatic heterocycles. The lowest BCUT2D eigenvalue weighted by Gasteiger charge is -2.32. The molecular formula is C23H30N4O3. The average molecular weight is 411 g/mol. The fourth-order valence-electron chi connectivity index (χ4n) is 3.82. The number of methoxy groups -OCH3 is 1. The van der Waals surface area contributed by atoms with Crippen molar-refractivity contribution in [2.24, 2.45) is 0 Å². The van der Waals surface area contributed by atoms with Crippen LogP contribution in [0.15, 0.2) is 36.4 Å². The summed E-state index contributed by atoms with van der Waals surface area (Å²) >= 11 is 0. The molecule has 7 heteroatoms. The number of nitrogens with zero attached hydrogens (tertiary/aromatic N) is 2. The second-order valence-electron chi connectivity index (χ2n) is 7.48. The van der Waals surface area contributed by atoms with E-state index in [1.54, 1.807) is 7.11 Å². The van der Waals surface area contributed by atoms with Crippen molar-refractivity contribution in [3.05, 3.63) is 58.9 Å². The first-order valence-electron chi connectivity index (χ1n) is 10.4. The summed E-state index contributed by atoms with van der Waals surface area (Å²) in [6.45, 7) is 6.17. The summed E-state index contributed by atoms with van der Waals surface area (Å²) < 4.78 is 5.36. The SMILES string of the molecule is CCNC(=O)N1CCC(c2nc(C)ccc2C(=O)NCc2ccccc2OC)CC1. The third-order valence-electron chi connectivity index (χ3n) is 5.44. The molecular weight excluding hydrogens is 380 g/mol. The summed E-state index contributed by atoms with van der Waals surface area (Å²) in [4.78, 5) is 31.6. The molecule has 2 N–H and O–H groups in total. The molecule has 1 aliphatic rings. The molecule has 30 heavy (non-hydrogen) atoms. The van der Waals surface area contributed by atoms with Gasteiger partial charge in [0, 0.05) is 43.4 Å². The van der Waals surface area contributed by atoms with Gasteiger partial charge >= 0.3 is 6.03 Å². The normalized spacial score (nSPS) is 14.3. The van der Waals surface area contributed by atoms with Crippen molar-refractivity contribution in [3.63, 3.8) is 0 Å². The lowest BCUT2D eigenvalue weighted by Crippen LogP contribution is -2.44. The Morgan fingerprint density at radius 1 is 1.13 bits per heavy atom. The zero-order chi connectivity index (χ0) is 21.5. The summed E-state index contributed by atoms with van der Waals surface area (Å²) in [6.07, 6.45) is 1.58. The Balaban J connectivity index is 1.71. The zero-order valence-corrected chi connectivity index (χ0v) is 17.9. The third kappa shape index (κ3) is 5.09. The van der Waals surface area contributed by atoms with Gasteiger partial charge in [-0.3, -0.25) is 9.78 Å². The molecule has 3 amide bonds. The van der Waals surface area contributed by atoms with E-state index >= 15 is 0 Å². The monoisotopic (exact) mass is 410 g/mol. The quantitative estimate of drug-likeness (QED) is 0.766. The Hall–Kier alpha value is -3.09. The van der Waals surface area contributed by atoms with Crippen molar-refractivity contribution < 1.29 is 14.3 Å². The van der Waals surface area contributed by atoms with E-state index in [1.807, 2.05) is 55.1 Å². The molecule has 1 saturated heterocycles. The van der Waals surface area contributed by atoms with E-state index in [9.17, 15) is 9.59 Å². The number of nitrogens with one attached hydrogen (secondary N) is 2. The van der Waals surface area contributed by atoms with Gasteiger partial charge in [0.2, 0.25) is 0 Å². The van der Waals surface area contributed by atoms with Crippen LogP contribution in [0.4, 0.5) is 4.79 Å². The minimum Gasteiger partial charge on any atom is -0.496 e. The van der Waals surface area contributed by atoms with Gasteiger partial charge in [-0.1, -0.05) is 18.2 Å². The van der Waals surface area contributed by atoms with Crippen LogP contribution in [-0.2, 0) is 6.54 Å². The van der Waals surface area contributed by atoms with Gasteiger partial charge < -0.3 is 20.3 Å². The highest BCUT2D eigenvalue weighted by Crippen LogP contribution is 2.29. The van der Waals surface area contributed by atoms with E-state index < -0.39 is 0 Å². The van der Waals surface area contributed by atoms with Crippen LogP contribution >= 0.6 is 0 Å². The first-order chi connectivity index (χ1) is 14.5. The van der Waals surface area contributed by atoms with Crippen LogP contribution in [0.3, 0.4) is 0 Å². The number of amides is 3. The predicted molar refractivity (Wildman–Crippen MR) is 116 cm³/mol. The van der Waals surface area contributed by atoms with Gasteiger partial charge in [-0.25, -0.2) is 4.79 Å². The maximum atomic E-state index is 13.0. The molecule has 1 aromatic carbocycles. The molecule has 2 aromatic rings. The Morgan fingerprint density at radius 2 is 1.87 bits per heavy atom. The van der Waals surface area contributed by atoms with Crippen molar-refractivity contribution in [2.45, 2.75) is 39.2 Å². The number of benzene rings is 1. The van der Waals surface area contributed by atoms with Crippen molar-refractivity contribution in [2.75, 3.05) is 26.7 Å². The predicted octanol–water partition coefficient (Wildman–Crippen LogP) is 3.24. The van der Waals surface area contributed by atoms with E-state index in [0.717, 1.165) is 35.5 Å². The van der Waals surface area contributed by atoms with Gasteiger partial charge in [0.05, 0.1) is 18.4 Å². The molecule has 0 aliphatic carbocycles. The van der Waals surface area contributed by atoms with Crippen molar-refractivity contribution in [3.8, 4) is 5.75 Å². The number of para-hydroxylation sites is 1. The fraction of sp³-hybridized carbons (Fsp3) is 0.435. The van der Waals surface area contributed by atoms with Gasteiger partial charge in [0.1, 0.15) is 5.75 Å². The Kier molecular flexibility index (Phi) is 7.27. The summed E-state index contributed by atoms with van der Waals surface area (Å²) in [6, 6.07) is 11.3. The number of urea groups is 1. The van der Waals surface area contributed by atoms with Crippen LogP contribution in [0.1, 0.15) is 53.0 Å². The molecule has 0 radical (unpaired) electrons. The molecule has 0 atom stereocenters. The van der Waals surface area contributed by atoms with Crippen LogP contribution in [0, 0.1) is 6.92 Å². The molecule has 160 valence electrons. The van der Waals surface area contributed by atoms with Crippen molar-refractivity contribution in [1.82, 2.24) is 20.5 Å². The number of aryl methyl sites for hydroxylation is 1. The summed E-state index contributed by atoms with van der Waals surface area (Å²) in [5.41, 5.74) is 3.23. The smallest absolute Gasteiger partial charge is 0.317 e. The number of piperidine rings is 1. The number of aromatic nitrogens is 1. The maximum absolute atomic E-state index is 13.0. The molecule has 1 aromatic heterocycles. The second-order valence-corrected chi connectivity index (χ2v) is 7.48. The molecule has 0 saturated carbocycles. The number of likely N-dealkylation sites (tertiary alicyclic amines) is 1. The standard InChI is InChI=1S/C23H30N4O3/c1-4-24-23(29)27-13-11-17(12-14-27)21-19(10-9-16(2)26-21)22(28)25-15-18-7-5-6-8-20(18)30-3/h5-10,17H,4,11-15H2,1-3H3,(H,24,29)(H,25,28). The highest BCUT2D eigenvalue weighted by Gasteiger charge is 2.27. The molecule has 0 unspecified atom stereocenters. The Morgan fingerprint density at radius 3 is 2.57 bits per heavy atom. The number of carbonyl (C=O) groups excluding carboxylic acids is 2. The number of carbonyl (C=O) groups is 2. The minimum absolute atomic E-state index is 0.0251. The largest absolute Gasteiger partial charge is 0.496 e. The van der Waals surface area contributed by atoms with Gasteiger partial charge in [0.25, 0.3) is 5.91 Å². The average Bonchev–Trinajstić information content (AvgIpc) is 2.77. The molecule has 7 nitrogen and oxygen atoms in total. The minimum atomic E-state index is -0.144. The molecule has 1 fully saturated rings. The zero-order valence-electron chi connectivity index (χ0n) is 17.9. The first-order valence-corrected chi connectivity index (χ1v) is 10.4. The van der Waals surface area contributed by atoms with E-state index in [2.05, 4.69) is 10.6 Å². The van der Waals surface area contributed by atoms with Crippen LogP contribution < -0.4 is 15.4 Å². The van der Waals surface area contributed by atoms with Crippen LogP contribution in [0.5, 0.6) is 5.75 Å². The number of hydrogen-bond donors (Lipinski definition) is 2. The van der Waals surface area contributed by atoms with Gasteiger partial charge in [-0.15, -0.1) is 0 Å². The second kappa shape index (κ2) is 10.1. The van der Waals surface area contributed by atoms with Crippen LogP contribution in [0.2, 0.25) is 0 Å². The van der Waals surface area contributed by atoms with Crippen molar-refractivity contribution in [1.29, 1.82) is 0 Å². The molecule has 0 bridgehead atoms. The highest BCUT2D eigenvalue weighted by atomic mass is 16.5. The molecule has 0 spiro atoms. The van der Waals surface area contributed by atoms with Crippen molar-refractivity contribution >= 4 is 11.9 Å². The van der Waals surface area contributed by atoms with E-state index in [4.69, 9.17) is 9.72 Å². The van der Waals surface area contributed by atoms with Crippen LogP contribution in [0.25, 0.3) is 0 Å². The van der Waals surface area contributed by atoms with E-state index in [0.29, 0.717) is 31.7 Å². The van der Waals surface area contributed by atoms with E-state index in [-0.39, 0.29) is 17.9 Å². The number of ether oxygens (including phenoxy) is 1. The van der Waals surface area contributed by atoms with E-state index in [1.165, 1.54) is 0 Å². The van der Waals surface area contributed by atoms with Gasteiger partial charge in [0.15, 0.2) is 0 Å². The Bertz CT molecular complexity index is 892. The Labute approximate surface area is 177 Å². The third-order valence-corrected chi connectivity index (χ3v) is 5.44. The lowest BCUT2D eigenvalue weighted by atomic mass is 9.90. The molecule has 2 heterocycles. The lowest BCUT2D eigenvalue weighted by molar-refractivity contribution is 0.0947. The topological polar surface area (TPSA) is 83.6 Å². The van der Waals surface area contributed by atoms with Gasteiger partial charge in [-0.2, -0.15) is 0 Å². The fourth-order valence-corrected chi connectivity index (χ4v) is 3.82. The van der Waals surface area contributed by atoms with Gasteiger partial charge in [-0.05, 0) is 44.9 Å². The summed E-state index contributed by atoms with van der Waals surface area (Å²) in [5.74, 6) is 0.759. The summed E-state index contributed by atoms with van der Waals surface area (Å²) in [5, 5.41) is 5.85.